The van der Waals surface area contributed by atoms with E-state index in [4.69, 9.17) is 10.5 Å². The van der Waals surface area contributed by atoms with Crippen LogP contribution in [0.4, 0.5) is 0 Å². The second-order valence-corrected chi connectivity index (χ2v) is 5.69. The van der Waals surface area contributed by atoms with Gasteiger partial charge in [-0.2, -0.15) is 0 Å². The number of rotatable bonds is 7. The van der Waals surface area contributed by atoms with Crippen LogP contribution in [0.1, 0.15) is 20.3 Å². The van der Waals surface area contributed by atoms with E-state index in [9.17, 15) is 8.42 Å². The molecule has 6 heteroatoms. The molecule has 0 aliphatic heterocycles. The molecule has 1 atom stereocenters. The van der Waals surface area contributed by atoms with Crippen LogP contribution >= 0.6 is 0 Å². The highest BCUT2D eigenvalue weighted by Crippen LogP contribution is 2.15. The molecule has 1 unspecified atom stereocenters. The summed E-state index contributed by atoms with van der Waals surface area (Å²) >= 11 is 0. The van der Waals surface area contributed by atoms with Crippen LogP contribution in [0.5, 0.6) is 5.75 Å². The van der Waals surface area contributed by atoms with Crippen molar-refractivity contribution < 1.29 is 13.2 Å². The molecular weight excluding hydrogens is 252 g/mol. The molecule has 102 valence electrons. The summed E-state index contributed by atoms with van der Waals surface area (Å²) in [6.45, 7) is 4.58. The van der Waals surface area contributed by atoms with Crippen molar-refractivity contribution >= 4 is 10.0 Å². The summed E-state index contributed by atoms with van der Waals surface area (Å²) in [5, 5.41) is 0. The smallest absolute Gasteiger partial charge is 0.240 e. The molecule has 1 rings (SSSR count). The summed E-state index contributed by atoms with van der Waals surface area (Å²) in [5.41, 5.74) is 5.67. The fraction of sp³-hybridized carbons (Fsp3) is 0.500. The fourth-order valence-corrected chi connectivity index (χ4v) is 2.42. The number of benzene rings is 1. The second kappa shape index (κ2) is 6.72. The van der Waals surface area contributed by atoms with E-state index in [1.165, 1.54) is 12.1 Å². The fourth-order valence-electron chi connectivity index (χ4n) is 1.33. The maximum Gasteiger partial charge on any atom is 0.240 e. The van der Waals surface area contributed by atoms with E-state index in [-0.39, 0.29) is 17.5 Å². The van der Waals surface area contributed by atoms with Crippen molar-refractivity contribution in [3.63, 3.8) is 0 Å². The molecule has 0 bridgehead atoms. The standard InChI is InChI=1S/C12H20N2O3S/c1-3-10(13)9-14-18(15,16)12-7-5-11(6-8-12)17-4-2/h5-8,10,14H,3-4,9,13H2,1-2H3. The van der Waals surface area contributed by atoms with Gasteiger partial charge in [-0.25, -0.2) is 13.1 Å². The van der Waals surface area contributed by atoms with Crippen molar-refractivity contribution in [2.75, 3.05) is 13.2 Å². The Kier molecular flexibility index (Phi) is 5.58. The second-order valence-electron chi connectivity index (χ2n) is 3.92. The van der Waals surface area contributed by atoms with E-state index in [2.05, 4.69) is 4.72 Å². The van der Waals surface area contributed by atoms with Crippen LogP contribution in [0.15, 0.2) is 29.2 Å². The highest BCUT2D eigenvalue weighted by atomic mass is 32.2. The van der Waals surface area contributed by atoms with E-state index < -0.39 is 10.0 Å². The van der Waals surface area contributed by atoms with Gasteiger partial charge in [0.25, 0.3) is 0 Å². The molecular formula is C12H20N2O3S. The SMILES string of the molecule is CCOc1ccc(S(=O)(=O)NCC(N)CC)cc1. The van der Waals surface area contributed by atoms with Gasteiger partial charge in [0.05, 0.1) is 11.5 Å². The summed E-state index contributed by atoms with van der Waals surface area (Å²) in [7, 11) is -3.48. The molecule has 5 nitrogen and oxygen atoms in total. The number of nitrogens with two attached hydrogens (primary N) is 1. The lowest BCUT2D eigenvalue weighted by Gasteiger charge is -2.11. The molecule has 0 fully saturated rings. The maximum absolute atomic E-state index is 11.9. The third-order valence-electron chi connectivity index (χ3n) is 2.50. The molecule has 0 aromatic heterocycles. The van der Waals surface area contributed by atoms with Crippen LogP contribution in [-0.4, -0.2) is 27.6 Å². The molecule has 0 saturated carbocycles. The number of nitrogens with one attached hydrogen (secondary N) is 1. The summed E-state index contributed by atoms with van der Waals surface area (Å²) in [5.74, 6) is 0.654. The van der Waals surface area contributed by atoms with Crippen LogP contribution in [0.2, 0.25) is 0 Å². The zero-order chi connectivity index (χ0) is 13.6. The van der Waals surface area contributed by atoms with Crippen LogP contribution in [-0.2, 0) is 10.0 Å². The molecule has 0 spiro atoms. The number of hydrogen-bond donors (Lipinski definition) is 2. The Morgan fingerprint density at radius 2 is 1.89 bits per heavy atom. The predicted octanol–water partition coefficient (Wildman–Crippen LogP) is 1.10. The number of hydrogen-bond acceptors (Lipinski definition) is 4. The van der Waals surface area contributed by atoms with Gasteiger partial charge in [-0.15, -0.1) is 0 Å². The Labute approximate surface area is 108 Å². The van der Waals surface area contributed by atoms with E-state index >= 15 is 0 Å². The first-order valence-electron chi connectivity index (χ1n) is 5.97. The Hall–Kier alpha value is -1.11. The summed E-state index contributed by atoms with van der Waals surface area (Å²) in [4.78, 5) is 0.217. The lowest BCUT2D eigenvalue weighted by Crippen LogP contribution is -2.36. The first-order valence-corrected chi connectivity index (χ1v) is 7.46. The summed E-state index contributed by atoms with van der Waals surface area (Å²) < 4.78 is 31.6. The van der Waals surface area contributed by atoms with Gasteiger partial charge in [-0.05, 0) is 37.6 Å². The van der Waals surface area contributed by atoms with Crippen molar-refractivity contribution in [3.8, 4) is 5.75 Å². The molecule has 3 N–H and O–H groups in total. The third kappa shape index (κ3) is 4.29. The van der Waals surface area contributed by atoms with Crippen LogP contribution in [0.25, 0.3) is 0 Å². The molecule has 1 aromatic rings. The molecule has 0 heterocycles. The van der Waals surface area contributed by atoms with Crippen molar-refractivity contribution in [2.45, 2.75) is 31.2 Å². The lowest BCUT2D eigenvalue weighted by molar-refractivity contribution is 0.340. The van der Waals surface area contributed by atoms with Crippen molar-refractivity contribution in [2.24, 2.45) is 5.73 Å². The largest absolute Gasteiger partial charge is 0.494 e. The average molecular weight is 272 g/mol. The summed E-state index contributed by atoms with van der Waals surface area (Å²) in [6, 6.07) is 6.15. The molecule has 18 heavy (non-hydrogen) atoms. The topological polar surface area (TPSA) is 81.4 Å². The molecule has 0 aliphatic carbocycles. The van der Waals surface area contributed by atoms with Gasteiger partial charge in [0, 0.05) is 12.6 Å². The molecule has 0 radical (unpaired) electrons. The molecule has 0 saturated heterocycles. The van der Waals surface area contributed by atoms with Crippen molar-refractivity contribution in [3.05, 3.63) is 24.3 Å². The van der Waals surface area contributed by atoms with E-state index in [0.717, 1.165) is 6.42 Å². The zero-order valence-electron chi connectivity index (χ0n) is 10.7. The monoisotopic (exact) mass is 272 g/mol. The zero-order valence-corrected chi connectivity index (χ0v) is 11.5. The number of sulfonamides is 1. The van der Waals surface area contributed by atoms with Crippen LogP contribution < -0.4 is 15.2 Å². The Morgan fingerprint density at radius 3 is 2.39 bits per heavy atom. The molecule has 0 amide bonds. The van der Waals surface area contributed by atoms with Crippen LogP contribution in [0, 0.1) is 0 Å². The Morgan fingerprint density at radius 1 is 1.28 bits per heavy atom. The van der Waals surface area contributed by atoms with Gasteiger partial charge < -0.3 is 10.5 Å². The van der Waals surface area contributed by atoms with E-state index in [1.807, 2.05) is 13.8 Å². The number of ether oxygens (including phenoxy) is 1. The van der Waals surface area contributed by atoms with E-state index in [0.29, 0.717) is 12.4 Å². The van der Waals surface area contributed by atoms with Crippen LogP contribution in [0.3, 0.4) is 0 Å². The first kappa shape index (κ1) is 14.9. The molecule has 1 aromatic carbocycles. The third-order valence-corrected chi connectivity index (χ3v) is 3.94. The minimum absolute atomic E-state index is 0.164. The van der Waals surface area contributed by atoms with Crippen molar-refractivity contribution in [1.82, 2.24) is 4.72 Å². The maximum atomic E-state index is 11.9. The van der Waals surface area contributed by atoms with Gasteiger partial charge in [0.1, 0.15) is 5.75 Å². The van der Waals surface area contributed by atoms with Crippen molar-refractivity contribution in [1.29, 1.82) is 0 Å². The Bertz CT molecular complexity index is 457. The lowest BCUT2D eigenvalue weighted by atomic mass is 10.2. The summed E-state index contributed by atoms with van der Waals surface area (Å²) in [6.07, 6.45) is 0.728. The normalized spacial score (nSPS) is 13.3. The Balaban J connectivity index is 2.72. The predicted molar refractivity (Wildman–Crippen MR) is 71.1 cm³/mol. The highest BCUT2D eigenvalue weighted by Gasteiger charge is 2.14. The minimum Gasteiger partial charge on any atom is -0.494 e. The van der Waals surface area contributed by atoms with Gasteiger partial charge in [0.15, 0.2) is 0 Å². The minimum atomic E-state index is -3.48. The van der Waals surface area contributed by atoms with Gasteiger partial charge in [-0.1, -0.05) is 6.92 Å². The van der Waals surface area contributed by atoms with E-state index in [1.54, 1.807) is 12.1 Å². The van der Waals surface area contributed by atoms with Gasteiger partial charge in [0.2, 0.25) is 10.0 Å². The first-order chi connectivity index (χ1) is 8.49. The molecule has 0 aliphatic rings. The average Bonchev–Trinajstić information content (AvgIpc) is 2.37. The van der Waals surface area contributed by atoms with Gasteiger partial charge in [-0.3, -0.25) is 0 Å². The quantitative estimate of drug-likeness (QED) is 0.779. The highest BCUT2D eigenvalue weighted by molar-refractivity contribution is 7.89. The van der Waals surface area contributed by atoms with Gasteiger partial charge >= 0.3 is 0 Å².